The van der Waals surface area contributed by atoms with Gasteiger partial charge < -0.3 is 14.5 Å². The van der Waals surface area contributed by atoms with Gasteiger partial charge in [-0.15, -0.1) is 0 Å². The standard InChI is InChI=1S/C22H28N4O4S/c1-24(2)16-22(27)25-12-9-18-19(10-13-25)30-20-7-3-4-8-21(20)31(28,29)26(18)15-17-6-5-11-23-14-17/h3-8,11,14,18-19H,9-10,12-13,15-16H2,1-2H3/t18-,19-/m0/s1. The molecule has 2 atom stereocenters. The van der Waals surface area contributed by atoms with Gasteiger partial charge in [-0.2, -0.15) is 4.31 Å². The summed E-state index contributed by atoms with van der Waals surface area (Å²) in [5, 5.41) is 0. The Hall–Kier alpha value is -2.49. The third kappa shape index (κ3) is 4.58. The Morgan fingerprint density at radius 3 is 2.68 bits per heavy atom. The SMILES string of the molecule is CN(C)CC(=O)N1CC[C@@H]2Oc3ccccc3S(=O)(=O)N(Cc3cccnc3)[C@H]2CC1. The van der Waals surface area contributed by atoms with Crippen LogP contribution in [0.1, 0.15) is 18.4 Å². The molecule has 0 spiro atoms. The lowest BCUT2D eigenvalue weighted by molar-refractivity contribution is -0.131. The molecule has 2 aliphatic rings. The van der Waals surface area contributed by atoms with E-state index in [1.54, 1.807) is 47.0 Å². The number of carbonyl (C=O) groups excluding carboxylic acids is 1. The van der Waals surface area contributed by atoms with Crippen LogP contribution < -0.4 is 4.74 Å². The highest BCUT2D eigenvalue weighted by Gasteiger charge is 2.43. The monoisotopic (exact) mass is 444 g/mol. The summed E-state index contributed by atoms with van der Waals surface area (Å²) < 4.78 is 35.2. The van der Waals surface area contributed by atoms with Crippen molar-refractivity contribution in [1.29, 1.82) is 0 Å². The quantitative estimate of drug-likeness (QED) is 0.712. The lowest BCUT2D eigenvalue weighted by Gasteiger charge is -2.31. The molecular weight excluding hydrogens is 416 g/mol. The van der Waals surface area contributed by atoms with E-state index < -0.39 is 10.0 Å². The van der Waals surface area contributed by atoms with Gasteiger partial charge in [0.1, 0.15) is 16.7 Å². The van der Waals surface area contributed by atoms with Gasteiger partial charge in [0.2, 0.25) is 15.9 Å². The van der Waals surface area contributed by atoms with Gasteiger partial charge in [-0.25, -0.2) is 8.42 Å². The van der Waals surface area contributed by atoms with E-state index in [1.807, 2.05) is 30.0 Å². The van der Waals surface area contributed by atoms with Crippen molar-refractivity contribution in [2.24, 2.45) is 0 Å². The number of nitrogens with zero attached hydrogens (tertiary/aromatic N) is 4. The van der Waals surface area contributed by atoms with Crippen molar-refractivity contribution < 1.29 is 17.9 Å². The molecule has 166 valence electrons. The number of fused-ring (bicyclic) bond motifs is 2. The number of benzene rings is 1. The average Bonchev–Trinajstić information content (AvgIpc) is 2.99. The first-order chi connectivity index (χ1) is 14.9. The zero-order valence-electron chi connectivity index (χ0n) is 17.8. The van der Waals surface area contributed by atoms with Crippen LogP contribution in [0.25, 0.3) is 0 Å². The fourth-order valence-corrected chi connectivity index (χ4v) is 6.04. The Morgan fingerprint density at radius 2 is 1.94 bits per heavy atom. The summed E-state index contributed by atoms with van der Waals surface area (Å²) >= 11 is 0. The zero-order chi connectivity index (χ0) is 22.0. The van der Waals surface area contributed by atoms with E-state index in [9.17, 15) is 13.2 Å². The van der Waals surface area contributed by atoms with Gasteiger partial charge in [0, 0.05) is 38.4 Å². The van der Waals surface area contributed by atoms with Crippen molar-refractivity contribution in [2.75, 3.05) is 33.7 Å². The fraction of sp³-hybridized carbons (Fsp3) is 0.455. The molecule has 31 heavy (non-hydrogen) atoms. The summed E-state index contributed by atoms with van der Waals surface area (Å²) in [6, 6.07) is 10.1. The van der Waals surface area contributed by atoms with Crippen molar-refractivity contribution in [3.63, 3.8) is 0 Å². The second-order valence-corrected chi connectivity index (χ2v) is 10.1. The number of carbonyl (C=O) groups is 1. The third-order valence-electron chi connectivity index (χ3n) is 5.76. The molecule has 0 unspecified atom stereocenters. The number of likely N-dealkylation sites (tertiary alicyclic amines) is 1. The molecule has 2 aliphatic heterocycles. The van der Waals surface area contributed by atoms with Crippen LogP contribution in [-0.2, 0) is 21.4 Å². The minimum absolute atomic E-state index is 0.0449. The van der Waals surface area contributed by atoms with Crippen molar-refractivity contribution in [3.05, 3.63) is 54.4 Å². The minimum Gasteiger partial charge on any atom is -0.487 e. The van der Waals surface area contributed by atoms with Gasteiger partial charge >= 0.3 is 0 Å². The Kier molecular flexibility index (Phi) is 6.27. The topological polar surface area (TPSA) is 83.0 Å². The minimum atomic E-state index is -3.79. The van der Waals surface area contributed by atoms with Crippen molar-refractivity contribution in [2.45, 2.75) is 36.4 Å². The number of pyridine rings is 1. The van der Waals surface area contributed by atoms with E-state index in [0.29, 0.717) is 38.2 Å². The molecule has 1 aromatic carbocycles. The van der Waals surface area contributed by atoms with Crippen LogP contribution >= 0.6 is 0 Å². The molecule has 1 saturated heterocycles. The predicted octanol–water partition coefficient (Wildman–Crippen LogP) is 1.59. The van der Waals surface area contributed by atoms with E-state index in [-0.39, 0.29) is 29.5 Å². The van der Waals surface area contributed by atoms with Gasteiger partial charge in [-0.05, 0) is 44.3 Å². The maximum atomic E-state index is 13.7. The maximum Gasteiger partial charge on any atom is 0.247 e. The normalized spacial score (nSPS) is 23.3. The third-order valence-corrected chi connectivity index (χ3v) is 7.67. The van der Waals surface area contributed by atoms with E-state index in [2.05, 4.69) is 4.98 Å². The van der Waals surface area contributed by atoms with Crippen LogP contribution in [0.3, 0.4) is 0 Å². The molecular formula is C22H28N4O4S. The average molecular weight is 445 g/mol. The number of hydrogen-bond donors (Lipinski definition) is 0. The Balaban J connectivity index is 1.70. The molecule has 0 saturated carbocycles. The fourth-order valence-electron chi connectivity index (χ4n) is 4.25. The van der Waals surface area contributed by atoms with E-state index >= 15 is 0 Å². The molecule has 3 heterocycles. The van der Waals surface area contributed by atoms with Gasteiger partial charge in [0.25, 0.3) is 0 Å². The van der Waals surface area contributed by atoms with Crippen LogP contribution in [0.15, 0.2) is 53.7 Å². The van der Waals surface area contributed by atoms with Crippen LogP contribution in [0.4, 0.5) is 0 Å². The van der Waals surface area contributed by atoms with Crippen LogP contribution in [0, 0.1) is 0 Å². The second-order valence-electron chi connectivity index (χ2n) is 8.28. The molecule has 1 aromatic heterocycles. The number of para-hydroxylation sites is 1. The van der Waals surface area contributed by atoms with E-state index in [1.165, 1.54) is 0 Å². The van der Waals surface area contributed by atoms with Crippen LogP contribution in [0.2, 0.25) is 0 Å². The van der Waals surface area contributed by atoms with Crippen molar-refractivity contribution in [1.82, 2.24) is 19.1 Å². The summed E-state index contributed by atoms with van der Waals surface area (Å²) in [5.41, 5.74) is 0.814. The first kappa shape index (κ1) is 21.7. The molecule has 0 N–H and O–H groups in total. The molecule has 1 fully saturated rings. The molecule has 0 bridgehead atoms. The first-order valence-corrected chi connectivity index (χ1v) is 11.9. The summed E-state index contributed by atoms with van der Waals surface area (Å²) in [6.07, 6.45) is 4.09. The lowest BCUT2D eigenvalue weighted by atomic mass is 10.1. The molecule has 9 heteroatoms. The highest BCUT2D eigenvalue weighted by molar-refractivity contribution is 7.89. The largest absolute Gasteiger partial charge is 0.487 e. The van der Waals surface area contributed by atoms with Gasteiger partial charge in [-0.3, -0.25) is 9.78 Å². The van der Waals surface area contributed by atoms with Crippen LogP contribution in [0.5, 0.6) is 5.75 Å². The molecule has 0 radical (unpaired) electrons. The van der Waals surface area contributed by atoms with Gasteiger partial charge in [0.05, 0.1) is 12.6 Å². The zero-order valence-corrected chi connectivity index (χ0v) is 18.7. The summed E-state index contributed by atoms with van der Waals surface area (Å²) in [6.45, 7) is 1.57. The smallest absolute Gasteiger partial charge is 0.247 e. The van der Waals surface area contributed by atoms with E-state index in [0.717, 1.165) is 5.56 Å². The highest BCUT2D eigenvalue weighted by Crippen LogP contribution is 2.37. The van der Waals surface area contributed by atoms with Gasteiger partial charge in [0.15, 0.2) is 0 Å². The van der Waals surface area contributed by atoms with Gasteiger partial charge in [-0.1, -0.05) is 18.2 Å². The van der Waals surface area contributed by atoms with Crippen molar-refractivity contribution in [3.8, 4) is 5.75 Å². The second kappa shape index (κ2) is 8.94. The Labute approximate surface area is 183 Å². The Morgan fingerprint density at radius 1 is 1.16 bits per heavy atom. The number of hydrogen-bond acceptors (Lipinski definition) is 6. The molecule has 1 amide bonds. The molecule has 2 aromatic rings. The van der Waals surface area contributed by atoms with E-state index in [4.69, 9.17) is 4.74 Å². The number of likely N-dealkylation sites (N-methyl/N-ethyl adjacent to an activating group) is 1. The molecule has 8 nitrogen and oxygen atoms in total. The number of rotatable bonds is 4. The Bertz CT molecular complexity index is 1030. The summed E-state index contributed by atoms with van der Waals surface area (Å²) in [7, 11) is -0.0659. The van der Waals surface area contributed by atoms with Crippen molar-refractivity contribution >= 4 is 15.9 Å². The molecule has 4 rings (SSSR count). The predicted molar refractivity (Wildman–Crippen MR) is 116 cm³/mol. The first-order valence-electron chi connectivity index (χ1n) is 10.4. The maximum absolute atomic E-state index is 13.7. The summed E-state index contributed by atoms with van der Waals surface area (Å²) in [5.74, 6) is 0.419. The lowest BCUT2D eigenvalue weighted by Crippen LogP contribution is -2.46. The number of ether oxygens (including phenoxy) is 1. The van der Waals surface area contributed by atoms with Crippen LogP contribution in [-0.4, -0.2) is 79.3 Å². The number of amides is 1. The summed E-state index contributed by atoms with van der Waals surface area (Å²) in [4.78, 5) is 20.6. The number of sulfonamides is 1. The highest BCUT2D eigenvalue weighted by atomic mass is 32.2. The molecule has 0 aliphatic carbocycles. The number of aromatic nitrogens is 1.